The maximum absolute atomic E-state index is 11.7. The van der Waals surface area contributed by atoms with Gasteiger partial charge in [0.25, 0.3) is 0 Å². The molecule has 0 saturated heterocycles. The summed E-state index contributed by atoms with van der Waals surface area (Å²) in [7, 11) is 0. The Balaban J connectivity index is 2.05. The molecule has 3 rings (SSSR count). The number of aryl methyl sites for hydroxylation is 2. The van der Waals surface area contributed by atoms with E-state index in [0.29, 0.717) is 17.9 Å². The van der Waals surface area contributed by atoms with Crippen LogP contribution < -0.4 is 0 Å². The number of rotatable bonds is 1. The maximum Gasteiger partial charge on any atom is 0.188 e. The molecule has 4 nitrogen and oxygen atoms in total. The predicted molar refractivity (Wildman–Crippen MR) is 65.1 cm³/mol. The smallest absolute Gasteiger partial charge is 0.188 e. The summed E-state index contributed by atoms with van der Waals surface area (Å²) in [4.78, 5) is 25.6. The fourth-order valence-corrected chi connectivity index (χ4v) is 2.94. The normalized spacial score (nSPS) is 14.8. The Bertz CT molecular complexity index is 574. The van der Waals surface area contributed by atoms with Crippen LogP contribution in [0.1, 0.15) is 33.8 Å². The summed E-state index contributed by atoms with van der Waals surface area (Å²) in [6, 6.07) is 0. The molecule has 0 amide bonds. The molecule has 0 atom stereocenters. The number of hydrogen-bond donors (Lipinski definition) is 0. The van der Waals surface area contributed by atoms with Gasteiger partial charge in [-0.05, 0) is 25.3 Å². The highest BCUT2D eigenvalue weighted by atomic mass is 32.1. The topological polar surface area (TPSA) is 55.7 Å². The van der Waals surface area contributed by atoms with Gasteiger partial charge in [0, 0.05) is 23.7 Å². The van der Waals surface area contributed by atoms with Gasteiger partial charge in [0.1, 0.15) is 5.69 Å². The molecule has 0 aliphatic heterocycles. The number of aromatic nitrogens is 3. The van der Waals surface area contributed by atoms with Gasteiger partial charge in [0.2, 0.25) is 0 Å². The minimum Gasteiger partial charge on any atom is -0.292 e. The van der Waals surface area contributed by atoms with Gasteiger partial charge in [-0.25, -0.2) is 15.0 Å². The zero-order chi connectivity index (χ0) is 11.8. The van der Waals surface area contributed by atoms with Gasteiger partial charge >= 0.3 is 0 Å². The van der Waals surface area contributed by atoms with Gasteiger partial charge in [-0.2, -0.15) is 0 Å². The minimum atomic E-state index is 0.154. The number of nitrogens with zero attached hydrogens (tertiary/aromatic N) is 3. The van der Waals surface area contributed by atoms with Crippen molar-refractivity contribution in [2.75, 3.05) is 0 Å². The van der Waals surface area contributed by atoms with Gasteiger partial charge in [0.05, 0.1) is 0 Å². The second-order valence-corrected chi connectivity index (χ2v) is 5.24. The van der Waals surface area contributed by atoms with Crippen LogP contribution in [0.3, 0.4) is 0 Å². The third-order valence-electron chi connectivity index (χ3n) is 2.74. The molecule has 0 radical (unpaired) electrons. The van der Waals surface area contributed by atoms with Gasteiger partial charge in [0.15, 0.2) is 16.6 Å². The maximum atomic E-state index is 11.7. The molecule has 2 aromatic rings. The van der Waals surface area contributed by atoms with Crippen molar-refractivity contribution in [3.05, 3.63) is 28.5 Å². The molecule has 86 valence electrons. The van der Waals surface area contributed by atoms with Gasteiger partial charge in [-0.15, -0.1) is 11.3 Å². The van der Waals surface area contributed by atoms with Crippen LogP contribution in [0, 0.1) is 6.92 Å². The van der Waals surface area contributed by atoms with Gasteiger partial charge < -0.3 is 0 Å². The Morgan fingerprint density at radius 2 is 2.00 bits per heavy atom. The monoisotopic (exact) mass is 245 g/mol. The summed E-state index contributed by atoms with van der Waals surface area (Å²) >= 11 is 1.54. The Hall–Kier alpha value is -1.62. The zero-order valence-corrected chi connectivity index (χ0v) is 10.3. The van der Waals surface area contributed by atoms with E-state index in [4.69, 9.17) is 0 Å². The fraction of sp³-hybridized carbons (Fsp3) is 0.333. The van der Waals surface area contributed by atoms with Crippen molar-refractivity contribution in [2.45, 2.75) is 26.2 Å². The number of carbonyl (C=O) groups is 1. The van der Waals surface area contributed by atoms with E-state index in [9.17, 15) is 4.79 Å². The molecule has 5 heteroatoms. The van der Waals surface area contributed by atoms with Gasteiger partial charge in [-0.3, -0.25) is 4.79 Å². The van der Waals surface area contributed by atoms with Crippen molar-refractivity contribution in [1.82, 2.24) is 15.0 Å². The first-order valence-corrected chi connectivity index (χ1v) is 6.37. The fourth-order valence-electron chi connectivity index (χ4n) is 1.87. The molecule has 1 aliphatic rings. The largest absolute Gasteiger partial charge is 0.292 e. The van der Waals surface area contributed by atoms with Crippen molar-refractivity contribution >= 4 is 17.1 Å². The van der Waals surface area contributed by atoms with Gasteiger partial charge in [-0.1, -0.05) is 0 Å². The van der Waals surface area contributed by atoms with Crippen molar-refractivity contribution in [3.63, 3.8) is 0 Å². The zero-order valence-electron chi connectivity index (χ0n) is 9.43. The standard InChI is InChI=1S/C12H11N3OS/c1-7-5-13-11(14-6-7)12-15-10-8(16)3-2-4-9(10)17-12/h5-6H,2-4H2,1H3. The number of Topliss-reactive ketones (excluding diaryl/α,β-unsaturated/α-hetero) is 1. The number of fused-ring (bicyclic) bond motifs is 1. The molecule has 1 aliphatic carbocycles. The van der Waals surface area contributed by atoms with Crippen LogP contribution >= 0.6 is 11.3 Å². The molecule has 0 unspecified atom stereocenters. The summed E-state index contributed by atoms with van der Waals surface area (Å²) < 4.78 is 0. The molecule has 0 spiro atoms. The molecular formula is C12H11N3OS. The van der Waals surface area contributed by atoms with Crippen molar-refractivity contribution < 1.29 is 4.79 Å². The molecule has 0 fully saturated rings. The van der Waals surface area contributed by atoms with E-state index >= 15 is 0 Å². The Labute approximate surface area is 103 Å². The molecule has 0 N–H and O–H groups in total. The van der Waals surface area contributed by atoms with E-state index in [0.717, 1.165) is 28.3 Å². The number of ketones is 1. The Morgan fingerprint density at radius 3 is 2.71 bits per heavy atom. The Morgan fingerprint density at radius 1 is 1.24 bits per heavy atom. The average molecular weight is 245 g/mol. The van der Waals surface area contributed by atoms with Crippen molar-refractivity contribution in [1.29, 1.82) is 0 Å². The lowest BCUT2D eigenvalue weighted by molar-refractivity contribution is 0.0968. The second-order valence-electron chi connectivity index (χ2n) is 4.15. The van der Waals surface area contributed by atoms with E-state index < -0.39 is 0 Å². The van der Waals surface area contributed by atoms with E-state index in [1.165, 1.54) is 0 Å². The summed E-state index contributed by atoms with van der Waals surface area (Å²) in [6.07, 6.45) is 6.03. The summed E-state index contributed by atoms with van der Waals surface area (Å²) in [5, 5.41) is 0.755. The predicted octanol–water partition coefficient (Wildman–Crippen LogP) is 2.43. The van der Waals surface area contributed by atoms with Crippen molar-refractivity contribution in [3.8, 4) is 10.8 Å². The van der Waals surface area contributed by atoms with Crippen LogP contribution in [-0.4, -0.2) is 20.7 Å². The second kappa shape index (κ2) is 4.00. The Kier molecular flexibility index (Phi) is 2.48. The average Bonchev–Trinajstić information content (AvgIpc) is 2.75. The molecule has 2 aromatic heterocycles. The SMILES string of the molecule is Cc1cnc(-c2nc3c(s2)CCCC3=O)nc1. The summed E-state index contributed by atoms with van der Waals surface area (Å²) in [5.74, 6) is 0.767. The van der Waals surface area contributed by atoms with Crippen LogP contribution in [0.2, 0.25) is 0 Å². The third-order valence-corrected chi connectivity index (χ3v) is 3.85. The first kappa shape index (κ1) is 10.5. The van der Waals surface area contributed by atoms with E-state index in [1.807, 2.05) is 6.92 Å². The molecule has 0 saturated carbocycles. The molecule has 17 heavy (non-hydrogen) atoms. The molecule has 0 bridgehead atoms. The minimum absolute atomic E-state index is 0.154. The molecular weight excluding hydrogens is 234 g/mol. The number of carbonyl (C=O) groups excluding carboxylic acids is 1. The molecule has 0 aromatic carbocycles. The van der Waals surface area contributed by atoms with Crippen LogP contribution in [0.5, 0.6) is 0 Å². The van der Waals surface area contributed by atoms with Crippen LogP contribution in [0.25, 0.3) is 10.8 Å². The quantitative estimate of drug-likeness (QED) is 0.774. The third kappa shape index (κ3) is 1.86. The van der Waals surface area contributed by atoms with E-state index in [1.54, 1.807) is 23.7 Å². The number of thiazole rings is 1. The first-order chi connectivity index (χ1) is 8.24. The first-order valence-electron chi connectivity index (χ1n) is 5.56. The highest BCUT2D eigenvalue weighted by Crippen LogP contribution is 2.30. The number of hydrogen-bond acceptors (Lipinski definition) is 5. The molecule has 2 heterocycles. The van der Waals surface area contributed by atoms with Crippen LogP contribution in [0.4, 0.5) is 0 Å². The summed E-state index contributed by atoms with van der Waals surface area (Å²) in [6.45, 7) is 1.94. The van der Waals surface area contributed by atoms with E-state index in [-0.39, 0.29) is 5.78 Å². The van der Waals surface area contributed by atoms with Crippen LogP contribution in [0.15, 0.2) is 12.4 Å². The van der Waals surface area contributed by atoms with E-state index in [2.05, 4.69) is 15.0 Å². The lowest BCUT2D eigenvalue weighted by Crippen LogP contribution is -2.08. The highest BCUT2D eigenvalue weighted by molar-refractivity contribution is 7.15. The summed E-state index contributed by atoms with van der Waals surface area (Å²) in [5.41, 5.74) is 1.66. The lowest BCUT2D eigenvalue weighted by atomic mass is 10.0. The van der Waals surface area contributed by atoms with Crippen LogP contribution in [-0.2, 0) is 6.42 Å². The lowest BCUT2D eigenvalue weighted by Gasteiger charge is -2.06. The van der Waals surface area contributed by atoms with Crippen molar-refractivity contribution in [2.24, 2.45) is 0 Å². The highest BCUT2D eigenvalue weighted by Gasteiger charge is 2.23.